The Morgan fingerprint density at radius 3 is 2.21 bits per heavy atom. The summed E-state index contributed by atoms with van der Waals surface area (Å²) in [5.74, 6) is 0.818. The summed E-state index contributed by atoms with van der Waals surface area (Å²) in [7, 11) is 8.72. The minimum absolute atomic E-state index is 0.0793. The first-order valence-corrected chi connectivity index (χ1v) is 19.6. The molecule has 4 aromatic carbocycles. The molecule has 0 bridgehead atoms. The summed E-state index contributed by atoms with van der Waals surface area (Å²) in [5.41, 5.74) is 12.4. The van der Waals surface area contributed by atoms with Crippen molar-refractivity contribution in [1.82, 2.24) is 0 Å². The third-order valence-corrected chi connectivity index (χ3v) is 10.7. The second kappa shape index (κ2) is 10.2. The molecule has 0 fully saturated rings. The average Bonchev–Trinajstić information content (AvgIpc) is 3.39. The van der Waals surface area contributed by atoms with Crippen molar-refractivity contribution in [2.45, 2.75) is 23.8 Å². The van der Waals surface area contributed by atoms with Crippen LogP contribution < -0.4 is 10.9 Å². The first-order valence-electron chi connectivity index (χ1n) is 11.6. The van der Waals surface area contributed by atoms with Gasteiger partial charge in [-0.25, -0.2) is 0 Å². The number of benzene rings is 4. The second-order valence-electron chi connectivity index (χ2n) is 8.97. The maximum absolute atomic E-state index is 6.65. The van der Waals surface area contributed by atoms with Gasteiger partial charge in [-0.2, -0.15) is 0 Å². The molecule has 1 radical (unpaired) electrons. The molecular weight excluding hydrogens is 553 g/mol. The summed E-state index contributed by atoms with van der Waals surface area (Å²) >= 11 is -0.826. The average molecular weight is 579 g/mol. The zero-order valence-corrected chi connectivity index (χ0v) is 24.0. The molecule has 3 atom stereocenters. The van der Waals surface area contributed by atoms with E-state index in [4.69, 9.17) is 22.8 Å². The first kappa shape index (κ1) is 24.2. The van der Waals surface area contributed by atoms with Crippen LogP contribution in [0.2, 0.25) is 0 Å². The van der Waals surface area contributed by atoms with Gasteiger partial charge in [-0.3, -0.25) is 0 Å². The molecular formula is C29H26Cl2NSiZr. The van der Waals surface area contributed by atoms with Crippen molar-refractivity contribution < 1.29 is 20.8 Å². The third kappa shape index (κ3) is 3.81. The van der Waals surface area contributed by atoms with Gasteiger partial charge in [-0.15, -0.1) is 0 Å². The zero-order chi connectivity index (χ0) is 23.7. The minimum atomic E-state index is -1.15. The zero-order valence-electron chi connectivity index (χ0n) is 19.0. The maximum atomic E-state index is 6.65. The molecule has 3 unspecified atom stereocenters. The van der Waals surface area contributed by atoms with Gasteiger partial charge in [0, 0.05) is 11.0 Å². The summed E-state index contributed by atoms with van der Waals surface area (Å²) in [6.45, 7) is 2.43. The topological polar surface area (TPSA) is 26.0 Å². The van der Waals surface area contributed by atoms with Gasteiger partial charge in [0.2, 0.25) is 0 Å². The fourth-order valence-corrected chi connectivity index (χ4v) is 9.61. The summed E-state index contributed by atoms with van der Waals surface area (Å²) in [6, 6.07) is 33.7. The van der Waals surface area contributed by atoms with Crippen LogP contribution in [0.15, 0.2) is 97.1 Å². The van der Waals surface area contributed by atoms with Gasteiger partial charge in [-0.1, -0.05) is 115 Å². The van der Waals surface area contributed by atoms with E-state index in [9.17, 15) is 0 Å². The molecule has 0 aromatic heterocycles. The number of halogens is 2. The van der Waals surface area contributed by atoms with Crippen molar-refractivity contribution in [3.63, 3.8) is 0 Å². The molecule has 0 spiro atoms. The van der Waals surface area contributed by atoms with Crippen LogP contribution in [0.25, 0.3) is 16.8 Å². The van der Waals surface area contributed by atoms with E-state index in [1.54, 1.807) is 0 Å². The molecule has 2 aliphatic rings. The van der Waals surface area contributed by atoms with E-state index in [1.807, 2.05) is 0 Å². The van der Waals surface area contributed by atoms with Crippen LogP contribution >= 0.6 is 17.0 Å². The standard InChI is InChI=1S/C29H26NSi.2ClH.Zr/c1-20-24-14-7-10-22-11-8-15-25(27(22)24)28(20)29(18-17-21-9-5-6-16-26(21)29)31(19-30)23-12-3-2-4-13-23;;;/h2-18,20,28H,19,30H2,1H3;2*1H;/q;;;+2/p-2. The molecule has 6 rings (SSSR count). The van der Waals surface area contributed by atoms with Crippen molar-refractivity contribution in [2.75, 3.05) is 6.17 Å². The van der Waals surface area contributed by atoms with Crippen molar-refractivity contribution in [3.05, 3.63) is 119 Å². The Bertz CT molecular complexity index is 1340. The summed E-state index contributed by atoms with van der Waals surface area (Å²) < 4.78 is 0. The normalized spacial score (nSPS) is 21.9. The van der Waals surface area contributed by atoms with E-state index >= 15 is 0 Å². The molecule has 0 saturated heterocycles. The Hall–Kier alpha value is -1.48. The SMILES string of the molecule is CC1c2cccc3cccc(c23)C1C1([Si](CN)c2ccccc2)C=Cc2ccccc21.[Cl][Zr][Cl]. The molecule has 169 valence electrons. The van der Waals surface area contributed by atoms with Crippen LogP contribution in [-0.4, -0.2) is 15.0 Å². The summed E-state index contributed by atoms with van der Waals surface area (Å²) in [6.07, 6.45) is 5.59. The van der Waals surface area contributed by atoms with Crippen LogP contribution in [0.5, 0.6) is 0 Å². The molecule has 34 heavy (non-hydrogen) atoms. The predicted molar refractivity (Wildman–Crippen MR) is 145 cm³/mol. The quantitative estimate of drug-likeness (QED) is 0.264. The van der Waals surface area contributed by atoms with Crippen molar-refractivity contribution in [3.8, 4) is 0 Å². The predicted octanol–water partition coefficient (Wildman–Crippen LogP) is 6.82. The van der Waals surface area contributed by atoms with E-state index in [0.29, 0.717) is 18.0 Å². The van der Waals surface area contributed by atoms with E-state index in [1.165, 1.54) is 38.2 Å². The van der Waals surface area contributed by atoms with Gasteiger partial charge in [0.1, 0.15) is 8.80 Å². The van der Waals surface area contributed by atoms with Crippen molar-refractivity contribution in [2.24, 2.45) is 5.73 Å². The van der Waals surface area contributed by atoms with E-state index in [2.05, 4.69) is 110 Å². The number of rotatable bonds is 4. The van der Waals surface area contributed by atoms with E-state index in [-0.39, 0.29) is 5.04 Å². The van der Waals surface area contributed by atoms with Crippen molar-refractivity contribution >= 4 is 47.9 Å². The number of allylic oxidation sites excluding steroid dienone is 1. The van der Waals surface area contributed by atoms with Crippen LogP contribution in [0.3, 0.4) is 0 Å². The Morgan fingerprint density at radius 1 is 0.853 bits per heavy atom. The second-order valence-corrected chi connectivity index (χ2v) is 15.5. The molecule has 2 N–H and O–H groups in total. The van der Waals surface area contributed by atoms with Gasteiger partial charge in [0.05, 0.1) is 0 Å². The number of nitrogens with two attached hydrogens (primary N) is 1. The first-order chi connectivity index (χ1) is 16.7. The van der Waals surface area contributed by atoms with Crippen LogP contribution in [0, 0.1) is 0 Å². The Labute approximate surface area is 222 Å². The number of fused-ring (bicyclic) bond motifs is 1. The van der Waals surface area contributed by atoms with Crippen LogP contribution in [0.4, 0.5) is 0 Å². The molecule has 0 heterocycles. The summed E-state index contributed by atoms with van der Waals surface area (Å²) in [4.78, 5) is 0. The van der Waals surface area contributed by atoms with Gasteiger partial charge < -0.3 is 5.73 Å². The molecule has 2 aliphatic carbocycles. The number of hydrogen-bond donors (Lipinski definition) is 1. The van der Waals surface area contributed by atoms with Gasteiger partial charge in [0.15, 0.2) is 0 Å². The van der Waals surface area contributed by atoms with Gasteiger partial charge in [0.25, 0.3) is 0 Å². The molecule has 1 nitrogen and oxygen atoms in total. The molecule has 0 saturated carbocycles. The number of hydrogen-bond acceptors (Lipinski definition) is 1. The Kier molecular flexibility index (Phi) is 7.30. The molecule has 0 amide bonds. The van der Waals surface area contributed by atoms with E-state index in [0.717, 1.165) is 0 Å². The molecule has 5 heteroatoms. The fourth-order valence-electron chi connectivity index (χ4n) is 6.34. The monoisotopic (exact) mass is 576 g/mol. The Morgan fingerprint density at radius 2 is 1.50 bits per heavy atom. The van der Waals surface area contributed by atoms with E-state index < -0.39 is 29.6 Å². The summed E-state index contributed by atoms with van der Waals surface area (Å²) in [5, 5.41) is 4.16. The molecule has 4 aromatic rings. The Balaban J connectivity index is 0.000000764. The van der Waals surface area contributed by atoms with Gasteiger partial charge >= 0.3 is 37.9 Å². The van der Waals surface area contributed by atoms with Crippen molar-refractivity contribution in [1.29, 1.82) is 0 Å². The third-order valence-electron chi connectivity index (χ3n) is 7.54. The van der Waals surface area contributed by atoms with Crippen LogP contribution in [-0.2, 0) is 25.9 Å². The van der Waals surface area contributed by atoms with Crippen LogP contribution in [0.1, 0.15) is 41.0 Å². The van der Waals surface area contributed by atoms with Gasteiger partial charge in [-0.05, 0) is 45.1 Å². The fraction of sp³-hybridized carbons (Fsp3) is 0.172. The molecule has 0 aliphatic heterocycles.